The number of anilines is 5. The summed E-state index contributed by atoms with van der Waals surface area (Å²) in [6.07, 6.45) is -3.63. The van der Waals surface area contributed by atoms with Gasteiger partial charge in [-0.3, -0.25) is 19.4 Å². The summed E-state index contributed by atoms with van der Waals surface area (Å²) in [6, 6.07) is 33.3. The summed E-state index contributed by atoms with van der Waals surface area (Å²) in [5.41, 5.74) is 1.04. The van der Waals surface area contributed by atoms with Gasteiger partial charge in [-0.05, 0) is 66.7 Å². The highest BCUT2D eigenvalue weighted by molar-refractivity contribution is 6.05. The van der Waals surface area contributed by atoms with Gasteiger partial charge >= 0.3 is 18.4 Å². The molecule has 6 aromatic rings. The van der Waals surface area contributed by atoms with Crippen LogP contribution in [0.4, 0.5) is 55.6 Å². The number of aromatic nitrogens is 2. The number of alkyl halides is 3. The van der Waals surface area contributed by atoms with Gasteiger partial charge in [0.15, 0.2) is 0 Å². The summed E-state index contributed by atoms with van der Waals surface area (Å²) >= 11 is 0. The lowest BCUT2D eigenvalue weighted by Crippen LogP contribution is -2.29. The molecule has 0 radical (unpaired) electrons. The van der Waals surface area contributed by atoms with E-state index in [9.17, 15) is 36.7 Å². The first kappa shape index (κ1) is 43.3. The van der Waals surface area contributed by atoms with Crippen molar-refractivity contribution in [3.63, 3.8) is 0 Å². The van der Waals surface area contributed by atoms with Crippen molar-refractivity contribution in [3.8, 4) is 11.8 Å². The maximum atomic E-state index is 14.1. The fourth-order valence-electron chi connectivity index (χ4n) is 5.11. The van der Waals surface area contributed by atoms with Crippen molar-refractivity contribution in [1.29, 1.82) is 0 Å². The minimum atomic E-state index is -4.93. The van der Waals surface area contributed by atoms with E-state index in [-0.39, 0.29) is 23.4 Å². The molecule has 308 valence electrons. The number of hydrogen-bond acceptors (Lipinski definition) is 9. The van der Waals surface area contributed by atoms with Crippen molar-refractivity contribution in [2.45, 2.75) is 6.18 Å². The molecule has 0 spiro atoms. The molecule has 0 atom stereocenters. The number of para-hydroxylation sites is 2. The first-order valence-electron chi connectivity index (χ1n) is 17.8. The standard InChI is InChI=1S/C22H22N4O3.C21H15F4N3O3/c1-25(2)19-11-7-8-16(14-19)21(27)24-17-12-13-20(23-15-17)29-22(28)26(3)18-9-5-4-6-10-18;1-28(14-6-3-2-4-7-14)20(30)31-17-11-10-13(12-26-17)27-19(29)15-8-5-9-16(18(15)22)21(23,24)25/h4-15H,1-3H3,(H,24,27);2-12H,1H3,(H,27,29). The van der Waals surface area contributed by atoms with Gasteiger partial charge in [0.05, 0.1) is 34.9 Å². The summed E-state index contributed by atoms with van der Waals surface area (Å²) in [7, 11) is 6.95. The summed E-state index contributed by atoms with van der Waals surface area (Å²) in [5, 5.41) is 5.03. The lowest BCUT2D eigenvalue weighted by atomic mass is 10.1. The van der Waals surface area contributed by atoms with Crippen LogP contribution in [0, 0.1) is 5.82 Å². The van der Waals surface area contributed by atoms with Gasteiger partial charge in [0.2, 0.25) is 11.8 Å². The highest BCUT2D eigenvalue weighted by Gasteiger charge is 2.35. The maximum Gasteiger partial charge on any atom is 0.420 e. The zero-order chi connectivity index (χ0) is 43.4. The molecule has 0 fully saturated rings. The predicted octanol–water partition coefficient (Wildman–Crippen LogP) is 9.16. The number of ether oxygens (including phenoxy) is 2. The Kier molecular flexibility index (Phi) is 14.1. The van der Waals surface area contributed by atoms with Crippen LogP contribution >= 0.6 is 0 Å². The Bertz CT molecular complexity index is 2420. The van der Waals surface area contributed by atoms with Crippen LogP contribution in [0.2, 0.25) is 0 Å². The minimum absolute atomic E-state index is 0.0676. The SMILES string of the molecule is CN(C(=O)Oc1ccc(NC(=O)c2cccc(C(F)(F)F)c2F)cn1)c1ccccc1.CN(C)c1cccc(C(=O)Nc2ccc(OC(=O)N(C)c3ccccc3)nc2)c1. The number of halogens is 4. The molecule has 0 aliphatic carbocycles. The van der Waals surface area contributed by atoms with E-state index in [1.165, 1.54) is 41.2 Å². The first-order valence-corrected chi connectivity index (χ1v) is 17.8. The third-order valence-corrected chi connectivity index (χ3v) is 8.38. The summed E-state index contributed by atoms with van der Waals surface area (Å²) in [5.74, 6) is -2.93. The van der Waals surface area contributed by atoms with Gasteiger partial charge in [0.25, 0.3) is 11.8 Å². The second-order valence-electron chi connectivity index (χ2n) is 12.8. The zero-order valence-corrected chi connectivity index (χ0v) is 32.5. The Morgan fingerprint density at radius 2 is 1.03 bits per heavy atom. The molecular formula is C43H37F4N7O6. The Labute approximate surface area is 341 Å². The molecule has 0 aliphatic heterocycles. The Morgan fingerprint density at radius 3 is 1.48 bits per heavy atom. The number of nitrogens with zero attached hydrogens (tertiary/aromatic N) is 5. The van der Waals surface area contributed by atoms with Crippen molar-refractivity contribution < 1.29 is 46.2 Å². The van der Waals surface area contributed by atoms with Crippen LogP contribution in [-0.4, -0.2) is 62.2 Å². The third-order valence-electron chi connectivity index (χ3n) is 8.38. The molecule has 60 heavy (non-hydrogen) atoms. The fourth-order valence-corrected chi connectivity index (χ4v) is 5.11. The first-order chi connectivity index (χ1) is 28.6. The average molecular weight is 824 g/mol. The number of benzene rings is 4. The van der Waals surface area contributed by atoms with Crippen molar-refractivity contribution in [3.05, 3.63) is 162 Å². The molecule has 13 nitrogen and oxygen atoms in total. The van der Waals surface area contributed by atoms with Crippen LogP contribution < -0.4 is 34.8 Å². The van der Waals surface area contributed by atoms with E-state index < -0.39 is 41.2 Å². The highest BCUT2D eigenvalue weighted by atomic mass is 19.4. The third kappa shape index (κ3) is 11.6. The van der Waals surface area contributed by atoms with Gasteiger partial charge in [-0.15, -0.1) is 0 Å². The molecule has 2 heterocycles. The quantitative estimate of drug-likeness (QED) is 0.136. The minimum Gasteiger partial charge on any atom is -0.391 e. The van der Waals surface area contributed by atoms with E-state index in [0.717, 1.165) is 24.0 Å². The molecule has 0 aliphatic rings. The van der Waals surface area contributed by atoms with Crippen LogP contribution in [0.5, 0.6) is 11.8 Å². The summed E-state index contributed by atoms with van der Waals surface area (Å²) in [6.45, 7) is 0. The fraction of sp³-hybridized carbons (Fsp3) is 0.116. The number of hydrogen-bond donors (Lipinski definition) is 2. The molecule has 2 N–H and O–H groups in total. The molecule has 2 aromatic heterocycles. The van der Waals surface area contributed by atoms with Crippen LogP contribution in [0.1, 0.15) is 26.3 Å². The molecular weight excluding hydrogens is 787 g/mol. The topological polar surface area (TPSA) is 146 Å². The average Bonchev–Trinajstić information content (AvgIpc) is 3.25. The number of carbonyl (C=O) groups excluding carboxylic acids is 4. The molecule has 0 saturated heterocycles. The monoisotopic (exact) mass is 823 g/mol. The summed E-state index contributed by atoms with van der Waals surface area (Å²) < 4.78 is 62.9. The molecule has 4 aromatic carbocycles. The van der Waals surface area contributed by atoms with Gasteiger partial charge in [-0.25, -0.2) is 23.9 Å². The van der Waals surface area contributed by atoms with Gasteiger partial charge in [0.1, 0.15) is 5.82 Å². The number of amides is 4. The molecule has 0 bridgehead atoms. The molecule has 4 amide bonds. The van der Waals surface area contributed by atoms with Gasteiger partial charge < -0.3 is 25.0 Å². The van der Waals surface area contributed by atoms with E-state index in [1.54, 1.807) is 67.7 Å². The van der Waals surface area contributed by atoms with E-state index >= 15 is 0 Å². The smallest absolute Gasteiger partial charge is 0.391 e. The van der Waals surface area contributed by atoms with Crippen molar-refractivity contribution in [2.24, 2.45) is 0 Å². The van der Waals surface area contributed by atoms with Crippen LogP contribution in [0.25, 0.3) is 0 Å². The highest BCUT2D eigenvalue weighted by Crippen LogP contribution is 2.32. The number of rotatable bonds is 9. The largest absolute Gasteiger partial charge is 0.420 e. The van der Waals surface area contributed by atoms with E-state index in [0.29, 0.717) is 28.7 Å². The number of nitrogens with one attached hydrogen (secondary N) is 2. The van der Waals surface area contributed by atoms with Crippen LogP contribution in [0.15, 0.2) is 140 Å². The normalized spacial score (nSPS) is 10.6. The van der Waals surface area contributed by atoms with E-state index in [4.69, 9.17) is 9.47 Å². The molecule has 17 heteroatoms. The molecule has 0 unspecified atom stereocenters. The van der Waals surface area contributed by atoms with Gasteiger partial charge in [-0.2, -0.15) is 13.2 Å². The Morgan fingerprint density at radius 1 is 0.567 bits per heavy atom. The van der Waals surface area contributed by atoms with E-state index in [2.05, 4.69) is 20.6 Å². The van der Waals surface area contributed by atoms with Crippen molar-refractivity contribution in [2.75, 3.05) is 53.5 Å². The Balaban J connectivity index is 0.000000228. The van der Waals surface area contributed by atoms with Crippen molar-refractivity contribution >= 4 is 52.4 Å². The molecule has 6 rings (SSSR count). The summed E-state index contributed by atoms with van der Waals surface area (Å²) in [4.78, 5) is 61.6. The lowest BCUT2D eigenvalue weighted by molar-refractivity contribution is -0.140. The lowest BCUT2D eigenvalue weighted by Gasteiger charge is -2.16. The number of carbonyl (C=O) groups is 4. The van der Waals surface area contributed by atoms with Gasteiger partial charge in [-0.1, -0.05) is 48.5 Å². The van der Waals surface area contributed by atoms with Crippen molar-refractivity contribution in [1.82, 2.24) is 9.97 Å². The molecule has 0 saturated carbocycles. The number of pyridine rings is 2. The van der Waals surface area contributed by atoms with E-state index in [1.807, 2.05) is 49.3 Å². The van der Waals surface area contributed by atoms with Crippen LogP contribution in [-0.2, 0) is 6.18 Å². The second-order valence-corrected chi connectivity index (χ2v) is 12.8. The van der Waals surface area contributed by atoms with Crippen LogP contribution in [0.3, 0.4) is 0 Å². The Hall–Kier alpha value is -7.82. The predicted molar refractivity (Wildman–Crippen MR) is 218 cm³/mol. The zero-order valence-electron chi connectivity index (χ0n) is 32.5. The van der Waals surface area contributed by atoms with Gasteiger partial charge in [0, 0.05) is 62.9 Å². The second kappa shape index (κ2) is 19.6. The maximum absolute atomic E-state index is 14.1.